The minimum Gasteiger partial charge on any atom is -0.381 e. The second kappa shape index (κ2) is 6.45. The van der Waals surface area contributed by atoms with Crippen LogP contribution in [0.15, 0.2) is 6.20 Å². The van der Waals surface area contributed by atoms with Gasteiger partial charge < -0.3 is 14.8 Å². The fourth-order valence-electron chi connectivity index (χ4n) is 2.84. The second-order valence-corrected chi connectivity index (χ2v) is 4.88. The first-order valence-corrected chi connectivity index (χ1v) is 7.03. The van der Waals surface area contributed by atoms with Crippen LogP contribution in [-0.4, -0.2) is 47.0 Å². The van der Waals surface area contributed by atoms with Crippen LogP contribution in [0.4, 0.5) is 0 Å². The molecule has 1 atom stereocenters. The molecule has 1 N–H and O–H groups in total. The maximum atomic E-state index is 6.15. The Morgan fingerprint density at radius 1 is 1.47 bits per heavy atom. The molecule has 6 heteroatoms. The van der Waals surface area contributed by atoms with E-state index in [1.54, 1.807) is 0 Å². The number of aromatic nitrogens is 3. The molecule has 2 heterocycles. The summed E-state index contributed by atoms with van der Waals surface area (Å²) in [5, 5.41) is 11.6. The molecule has 6 nitrogen and oxygen atoms in total. The van der Waals surface area contributed by atoms with E-state index >= 15 is 0 Å². The maximum Gasteiger partial charge on any atom is 0.0935 e. The summed E-state index contributed by atoms with van der Waals surface area (Å²) >= 11 is 0. The van der Waals surface area contributed by atoms with Gasteiger partial charge in [-0.2, -0.15) is 0 Å². The fourth-order valence-corrected chi connectivity index (χ4v) is 2.84. The molecular formula is C13H24N4O2. The molecule has 0 spiro atoms. The van der Waals surface area contributed by atoms with Crippen molar-refractivity contribution in [3.63, 3.8) is 0 Å². The molecule has 108 valence electrons. The zero-order chi connectivity index (χ0) is 13.7. The van der Waals surface area contributed by atoms with E-state index in [9.17, 15) is 0 Å². The van der Waals surface area contributed by atoms with Gasteiger partial charge in [0, 0.05) is 39.7 Å². The van der Waals surface area contributed by atoms with E-state index in [0.29, 0.717) is 6.61 Å². The van der Waals surface area contributed by atoms with Gasteiger partial charge in [0.25, 0.3) is 0 Å². The molecule has 1 aromatic rings. The lowest BCUT2D eigenvalue weighted by atomic mass is 9.84. The Morgan fingerprint density at radius 3 is 2.74 bits per heavy atom. The Kier molecular flexibility index (Phi) is 4.90. The van der Waals surface area contributed by atoms with E-state index in [-0.39, 0.29) is 11.6 Å². The van der Waals surface area contributed by atoms with Crippen LogP contribution in [-0.2, 0) is 16.5 Å². The van der Waals surface area contributed by atoms with Crippen molar-refractivity contribution in [1.29, 1.82) is 0 Å². The summed E-state index contributed by atoms with van der Waals surface area (Å²) in [4.78, 5) is 0. The Balaban J connectivity index is 2.31. The highest BCUT2D eigenvalue weighted by molar-refractivity contribution is 5.11. The monoisotopic (exact) mass is 268 g/mol. The van der Waals surface area contributed by atoms with Crippen LogP contribution >= 0.6 is 0 Å². The first-order valence-electron chi connectivity index (χ1n) is 7.03. The molecule has 0 amide bonds. The quantitative estimate of drug-likeness (QED) is 0.835. The Labute approximate surface area is 114 Å². The molecule has 19 heavy (non-hydrogen) atoms. The third kappa shape index (κ3) is 2.96. The summed E-state index contributed by atoms with van der Waals surface area (Å²) in [5.74, 6) is 0. The zero-order valence-corrected chi connectivity index (χ0v) is 12.1. The maximum absolute atomic E-state index is 6.15. The van der Waals surface area contributed by atoms with Gasteiger partial charge in [-0.25, -0.2) is 0 Å². The SMILES string of the molecule is CCNC(c1cnnn1C)C1(OCC)CCOCC1. The van der Waals surface area contributed by atoms with Gasteiger partial charge >= 0.3 is 0 Å². The van der Waals surface area contributed by atoms with Crippen molar-refractivity contribution in [3.8, 4) is 0 Å². The number of hydrogen-bond donors (Lipinski definition) is 1. The third-order valence-electron chi connectivity index (χ3n) is 3.75. The summed E-state index contributed by atoms with van der Waals surface area (Å²) in [6, 6.07) is 0.0985. The van der Waals surface area contributed by atoms with Crippen LogP contribution in [0.3, 0.4) is 0 Å². The van der Waals surface area contributed by atoms with Gasteiger partial charge in [-0.15, -0.1) is 5.10 Å². The van der Waals surface area contributed by atoms with Crippen molar-refractivity contribution in [2.24, 2.45) is 7.05 Å². The van der Waals surface area contributed by atoms with E-state index in [4.69, 9.17) is 9.47 Å². The normalized spacial score (nSPS) is 20.4. The van der Waals surface area contributed by atoms with Crippen LogP contribution in [0.2, 0.25) is 0 Å². The van der Waals surface area contributed by atoms with Crippen molar-refractivity contribution in [2.75, 3.05) is 26.4 Å². The molecule has 1 aromatic heterocycles. The molecule has 1 aliphatic heterocycles. The molecule has 2 rings (SSSR count). The van der Waals surface area contributed by atoms with E-state index < -0.39 is 0 Å². The molecular weight excluding hydrogens is 244 g/mol. The summed E-state index contributed by atoms with van der Waals surface area (Å²) < 4.78 is 13.5. The summed E-state index contributed by atoms with van der Waals surface area (Å²) in [6.07, 6.45) is 3.61. The molecule has 1 aliphatic rings. The molecule has 1 fully saturated rings. The van der Waals surface area contributed by atoms with Crippen molar-refractivity contribution in [1.82, 2.24) is 20.3 Å². The number of rotatable bonds is 6. The van der Waals surface area contributed by atoms with E-state index in [2.05, 4.69) is 22.6 Å². The van der Waals surface area contributed by atoms with Gasteiger partial charge in [0.15, 0.2) is 0 Å². The number of likely N-dealkylation sites (N-methyl/N-ethyl adjacent to an activating group) is 1. The largest absolute Gasteiger partial charge is 0.381 e. The first-order chi connectivity index (χ1) is 9.23. The van der Waals surface area contributed by atoms with Gasteiger partial charge in [0.2, 0.25) is 0 Å². The predicted octanol–water partition coefficient (Wildman–Crippen LogP) is 1.05. The minimum absolute atomic E-state index is 0.0985. The lowest BCUT2D eigenvalue weighted by Crippen LogP contribution is -2.50. The lowest BCUT2D eigenvalue weighted by Gasteiger charge is -2.43. The molecule has 1 unspecified atom stereocenters. The van der Waals surface area contributed by atoms with Gasteiger partial charge in [-0.1, -0.05) is 12.1 Å². The summed E-state index contributed by atoms with van der Waals surface area (Å²) in [5.41, 5.74) is 0.843. The van der Waals surface area contributed by atoms with Crippen LogP contribution in [0.25, 0.3) is 0 Å². The van der Waals surface area contributed by atoms with Crippen molar-refractivity contribution < 1.29 is 9.47 Å². The first kappa shape index (κ1) is 14.4. The Hall–Kier alpha value is -0.980. The van der Waals surface area contributed by atoms with Crippen molar-refractivity contribution >= 4 is 0 Å². The van der Waals surface area contributed by atoms with E-state index in [1.165, 1.54) is 0 Å². The van der Waals surface area contributed by atoms with Crippen LogP contribution < -0.4 is 5.32 Å². The molecule has 0 aliphatic carbocycles. The van der Waals surface area contributed by atoms with Crippen LogP contribution in [0.1, 0.15) is 38.4 Å². The average molecular weight is 268 g/mol. The predicted molar refractivity (Wildman–Crippen MR) is 71.8 cm³/mol. The number of ether oxygens (including phenoxy) is 2. The summed E-state index contributed by atoms with van der Waals surface area (Å²) in [6.45, 7) is 7.22. The molecule has 0 saturated carbocycles. The Morgan fingerprint density at radius 2 is 2.21 bits per heavy atom. The highest BCUT2D eigenvalue weighted by Gasteiger charge is 2.43. The summed E-state index contributed by atoms with van der Waals surface area (Å²) in [7, 11) is 1.92. The van der Waals surface area contributed by atoms with Crippen molar-refractivity contribution in [2.45, 2.75) is 38.3 Å². The molecule has 0 aromatic carbocycles. The number of nitrogens with zero attached hydrogens (tertiary/aromatic N) is 3. The van der Waals surface area contributed by atoms with Gasteiger partial charge in [-0.3, -0.25) is 4.68 Å². The van der Waals surface area contributed by atoms with Gasteiger partial charge in [-0.05, 0) is 13.5 Å². The third-order valence-corrected chi connectivity index (χ3v) is 3.75. The molecule has 1 saturated heterocycles. The average Bonchev–Trinajstić information content (AvgIpc) is 2.83. The second-order valence-electron chi connectivity index (χ2n) is 4.88. The molecule has 0 bridgehead atoms. The highest BCUT2D eigenvalue weighted by atomic mass is 16.5. The van der Waals surface area contributed by atoms with E-state index in [1.807, 2.05) is 24.9 Å². The van der Waals surface area contributed by atoms with Crippen molar-refractivity contribution in [3.05, 3.63) is 11.9 Å². The molecule has 0 radical (unpaired) electrons. The van der Waals surface area contributed by atoms with Crippen LogP contribution in [0.5, 0.6) is 0 Å². The smallest absolute Gasteiger partial charge is 0.0935 e. The topological polar surface area (TPSA) is 61.2 Å². The minimum atomic E-state index is -0.224. The number of nitrogens with one attached hydrogen (secondary N) is 1. The number of hydrogen-bond acceptors (Lipinski definition) is 5. The highest BCUT2D eigenvalue weighted by Crippen LogP contribution is 2.37. The lowest BCUT2D eigenvalue weighted by molar-refractivity contribution is -0.129. The van der Waals surface area contributed by atoms with E-state index in [0.717, 1.165) is 38.3 Å². The fraction of sp³-hybridized carbons (Fsp3) is 0.846. The van der Waals surface area contributed by atoms with Crippen LogP contribution in [0, 0.1) is 0 Å². The Bertz CT molecular complexity index is 382. The number of aryl methyl sites for hydroxylation is 1. The standard InChI is InChI=1S/C13H24N4O2/c1-4-14-12(11-10-15-16-17(11)3)13(19-5-2)6-8-18-9-7-13/h10,12,14H,4-9H2,1-3H3. The zero-order valence-electron chi connectivity index (χ0n) is 12.1. The van der Waals surface area contributed by atoms with Gasteiger partial charge in [0.05, 0.1) is 23.5 Å². The van der Waals surface area contributed by atoms with Gasteiger partial charge in [0.1, 0.15) is 0 Å².